The summed E-state index contributed by atoms with van der Waals surface area (Å²) in [5, 5.41) is 11.8. The molecule has 0 heterocycles. The number of nitriles is 1. The SMILES string of the molecule is COCC(C#N)NC(=O)c1ccc(Cl)cc1. The molecule has 84 valence electrons. The van der Waals surface area contributed by atoms with Crippen molar-refractivity contribution in [2.75, 3.05) is 13.7 Å². The summed E-state index contributed by atoms with van der Waals surface area (Å²) < 4.78 is 4.79. The van der Waals surface area contributed by atoms with Crippen molar-refractivity contribution in [3.63, 3.8) is 0 Å². The minimum Gasteiger partial charge on any atom is -0.381 e. The van der Waals surface area contributed by atoms with Crippen LogP contribution in [-0.2, 0) is 4.74 Å². The van der Waals surface area contributed by atoms with Gasteiger partial charge in [-0.1, -0.05) is 11.6 Å². The molecule has 0 aliphatic heterocycles. The number of carbonyl (C=O) groups is 1. The first-order chi connectivity index (χ1) is 7.67. The lowest BCUT2D eigenvalue weighted by Crippen LogP contribution is -2.36. The smallest absolute Gasteiger partial charge is 0.252 e. The van der Waals surface area contributed by atoms with Crippen molar-refractivity contribution >= 4 is 17.5 Å². The molecule has 5 heteroatoms. The summed E-state index contributed by atoms with van der Waals surface area (Å²) in [5.74, 6) is -0.319. The van der Waals surface area contributed by atoms with E-state index in [9.17, 15) is 4.79 Å². The van der Waals surface area contributed by atoms with Crippen LogP contribution in [0, 0.1) is 11.3 Å². The van der Waals surface area contributed by atoms with Gasteiger partial charge in [-0.25, -0.2) is 0 Å². The number of nitrogens with one attached hydrogen (secondary N) is 1. The Morgan fingerprint density at radius 3 is 2.69 bits per heavy atom. The molecule has 0 fully saturated rings. The Kier molecular flexibility index (Phi) is 4.77. The van der Waals surface area contributed by atoms with E-state index < -0.39 is 6.04 Å². The van der Waals surface area contributed by atoms with Crippen LogP contribution >= 0.6 is 11.6 Å². The summed E-state index contributed by atoms with van der Waals surface area (Å²) >= 11 is 5.70. The highest BCUT2D eigenvalue weighted by Gasteiger charge is 2.12. The molecule has 1 unspecified atom stereocenters. The minimum atomic E-state index is -0.645. The molecule has 16 heavy (non-hydrogen) atoms. The van der Waals surface area contributed by atoms with Gasteiger partial charge in [0, 0.05) is 17.7 Å². The maximum Gasteiger partial charge on any atom is 0.252 e. The van der Waals surface area contributed by atoms with E-state index in [1.807, 2.05) is 6.07 Å². The van der Waals surface area contributed by atoms with Crippen LogP contribution in [0.2, 0.25) is 5.02 Å². The van der Waals surface area contributed by atoms with Gasteiger partial charge in [0.2, 0.25) is 0 Å². The normalized spacial score (nSPS) is 11.6. The summed E-state index contributed by atoms with van der Waals surface area (Å²) in [4.78, 5) is 11.6. The van der Waals surface area contributed by atoms with E-state index in [0.717, 1.165) is 0 Å². The fourth-order valence-electron chi connectivity index (χ4n) is 1.12. The molecule has 4 nitrogen and oxygen atoms in total. The molecule has 1 aromatic rings. The number of ether oxygens (including phenoxy) is 1. The third-order valence-corrected chi connectivity index (χ3v) is 2.15. The zero-order chi connectivity index (χ0) is 12.0. The quantitative estimate of drug-likeness (QED) is 0.867. The van der Waals surface area contributed by atoms with E-state index in [1.54, 1.807) is 24.3 Å². The van der Waals surface area contributed by atoms with Gasteiger partial charge in [-0.3, -0.25) is 4.79 Å². The van der Waals surface area contributed by atoms with Gasteiger partial charge < -0.3 is 10.1 Å². The number of benzene rings is 1. The molecule has 0 radical (unpaired) electrons. The fourth-order valence-corrected chi connectivity index (χ4v) is 1.25. The van der Waals surface area contributed by atoms with Gasteiger partial charge in [0.1, 0.15) is 6.04 Å². The van der Waals surface area contributed by atoms with Crippen LogP contribution in [0.5, 0.6) is 0 Å². The molecule has 0 aromatic heterocycles. The average molecular weight is 239 g/mol. The zero-order valence-electron chi connectivity index (χ0n) is 8.74. The van der Waals surface area contributed by atoms with Crippen molar-refractivity contribution in [1.29, 1.82) is 5.26 Å². The van der Waals surface area contributed by atoms with E-state index >= 15 is 0 Å². The Bertz CT molecular complexity index is 397. The molecule has 0 aliphatic carbocycles. The van der Waals surface area contributed by atoms with Crippen molar-refractivity contribution in [2.45, 2.75) is 6.04 Å². The number of amides is 1. The maximum absolute atomic E-state index is 11.6. The summed E-state index contributed by atoms with van der Waals surface area (Å²) in [7, 11) is 1.47. The topological polar surface area (TPSA) is 62.1 Å². The average Bonchev–Trinajstić information content (AvgIpc) is 2.29. The van der Waals surface area contributed by atoms with E-state index in [0.29, 0.717) is 10.6 Å². The molecule has 1 amide bonds. The second-order valence-electron chi connectivity index (χ2n) is 3.12. The van der Waals surface area contributed by atoms with Gasteiger partial charge >= 0.3 is 0 Å². The summed E-state index contributed by atoms with van der Waals surface area (Å²) in [5.41, 5.74) is 0.459. The number of hydrogen-bond donors (Lipinski definition) is 1. The lowest BCUT2D eigenvalue weighted by Gasteiger charge is -2.10. The van der Waals surface area contributed by atoms with Gasteiger partial charge in [0.25, 0.3) is 5.91 Å². The predicted octanol–water partition coefficient (Wildman–Crippen LogP) is 1.61. The third-order valence-electron chi connectivity index (χ3n) is 1.90. The Morgan fingerprint density at radius 1 is 1.56 bits per heavy atom. The van der Waals surface area contributed by atoms with Crippen LogP contribution in [-0.4, -0.2) is 25.7 Å². The third kappa shape index (κ3) is 3.54. The molecule has 0 aliphatic rings. The van der Waals surface area contributed by atoms with Gasteiger partial charge in [-0.2, -0.15) is 5.26 Å². The highest BCUT2D eigenvalue weighted by molar-refractivity contribution is 6.30. The highest BCUT2D eigenvalue weighted by Crippen LogP contribution is 2.09. The first-order valence-corrected chi connectivity index (χ1v) is 5.00. The Morgan fingerprint density at radius 2 is 2.19 bits per heavy atom. The molecule has 1 aromatic carbocycles. The fraction of sp³-hybridized carbons (Fsp3) is 0.273. The number of nitrogens with zero attached hydrogens (tertiary/aromatic N) is 1. The van der Waals surface area contributed by atoms with Crippen molar-refractivity contribution in [3.8, 4) is 6.07 Å². The summed E-state index contributed by atoms with van der Waals surface area (Å²) in [6.45, 7) is 0.163. The molecular formula is C11H11ClN2O2. The molecule has 1 N–H and O–H groups in total. The standard InChI is InChI=1S/C11H11ClN2O2/c1-16-7-10(6-13)14-11(15)8-2-4-9(12)5-3-8/h2-5,10H,7H2,1H3,(H,14,15). The second kappa shape index (κ2) is 6.11. The Balaban J connectivity index is 2.65. The molecule has 1 atom stereocenters. The van der Waals surface area contributed by atoms with Crippen LogP contribution in [0.1, 0.15) is 10.4 Å². The van der Waals surface area contributed by atoms with Crippen molar-refractivity contribution in [2.24, 2.45) is 0 Å². The summed E-state index contributed by atoms with van der Waals surface area (Å²) in [6, 6.07) is 7.72. The van der Waals surface area contributed by atoms with Crippen molar-refractivity contribution < 1.29 is 9.53 Å². The van der Waals surface area contributed by atoms with Gasteiger partial charge in [-0.05, 0) is 24.3 Å². The number of hydrogen-bond acceptors (Lipinski definition) is 3. The molecule has 0 bridgehead atoms. The Hall–Kier alpha value is -1.57. The molecule has 0 saturated carbocycles. The maximum atomic E-state index is 11.6. The minimum absolute atomic E-state index is 0.163. The molecule has 0 spiro atoms. The lowest BCUT2D eigenvalue weighted by atomic mass is 10.2. The first-order valence-electron chi connectivity index (χ1n) is 4.62. The zero-order valence-corrected chi connectivity index (χ0v) is 9.49. The molecule has 0 saturated heterocycles. The lowest BCUT2D eigenvalue weighted by molar-refractivity contribution is 0.0918. The van der Waals surface area contributed by atoms with Crippen LogP contribution < -0.4 is 5.32 Å². The van der Waals surface area contributed by atoms with Crippen LogP contribution in [0.25, 0.3) is 0 Å². The molecule has 1 rings (SSSR count). The van der Waals surface area contributed by atoms with Crippen LogP contribution in [0.3, 0.4) is 0 Å². The first kappa shape index (κ1) is 12.5. The number of methoxy groups -OCH3 is 1. The van der Waals surface area contributed by atoms with Crippen molar-refractivity contribution in [3.05, 3.63) is 34.9 Å². The predicted molar refractivity (Wildman–Crippen MR) is 60.2 cm³/mol. The summed E-state index contributed by atoms with van der Waals surface area (Å²) in [6.07, 6.45) is 0. The number of rotatable bonds is 4. The molecular weight excluding hydrogens is 228 g/mol. The highest BCUT2D eigenvalue weighted by atomic mass is 35.5. The van der Waals surface area contributed by atoms with Crippen LogP contribution in [0.4, 0.5) is 0 Å². The van der Waals surface area contributed by atoms with Gasteiger partial charge in [0.15, 0.2) is 0 Å². The largest absolute Gasteiger partial charge is 0.381 e. The van der Waals surface area contributed by atoms with E-state index in [1.165, 1.54) is 7.11 Å². The number of carbonyl (C=O) groups excluding carboxylic acids is 1. The number of halogens is 1. The van der Waals surface area contributed by atoms with Crippen molar-refractivity contribution in [1.82, 2.24) is 5.32 Å². The van der Waals surface area contributed by atoms with E-state index in [4.69, 9.17) is 21.6 Å². The van der Waals surface area contributed by atoms with E-state index in [2.05, 4.69) is 5.32 Å². The monoisotopic (exact) mass is 238 g/mol. The van der Waals surface area contributed by atoms with E-state index in [-0.39, 0.29) is 12.5 Å². The Labute approximate surface area is 98.8 Å². The van der Waals surface area contributed by atoms with Gasteiger partial charge in [-0.15, -0.1) is 0 Å². The second-order valence-corrected chi connectivity index (χ2v) is 3.55. The van der Waals surface area contributed by atoms with Crippen LogP contribution in [0.15, 0.2) is 24.3 Å². The van der Waals surface area contributed by atoms with Gasteiger partial charge in [0.05, 0.1) is 12.7 Å².